The van der Waals surface area contributed by atoms with Crippen molar-refractivity contribution in [2.24, 2.45) is 17.6 Å². The second-order valence-corrected chi connectivity index (χ2v) is 7.51. The van der Waals surface area contributed by atoms with Gasteiger partial charge < -0.3 is 11.1 Å². The molecule has 2 aliphatic rings. The van der Waals surface area contributed by atoms with Crippen LogP contribution in [0.2, 0.25) is 5.02 Å². The number of fused-ring (bicyclic) bond motifs is 2. The maximum Gasteiger partial charge on any atom is 0.253 e. The van der Waals surface area contributed by atoms with Crippen molar-refractivity contribution in [3.63, 3.8) is 0 Å². The Hall–Kier alpha value is -1.70. The van der Waals surface area contributed by atoms with E-state index in [1.165, 1.54) is 17.4 Å². The molecule has 1 amide bonds. The molecule has 1 aromatic heterocycles. The molecule has 1 heterocycles. The molecule has 2 fully saturated rings. The second kappa shape index (κ2) is 7.90. The van der Waals surface area contributed by atoms with Crippen molar-refractivity contribution in [1.82, 2.24) is 25.5 Å². The molecule has 0 spiro atoms. The van der Waals surface area contributed by atoms with E-state index in [1.807, 2.05) is 0 Å². The minimum atomic E-state index is -0.120. The Kier molecular flexibility index (Phi) is 5.79. The number of tetrazole rings is 1. The van der Waals surface area contributed by atoms with Gasteiger partial charge in [-0.3, -0.25) is 4.79 Å². The number of carbonyl (C=O) groups is 1. The number of benzene rings is 1. The van der Waals surface area contributed by atoms with Crippen LogP contribution in [0.4, 0.5) is 0 Å². The van der Waals surface area contributed by atoms with Crippen molar-refractivity contribution in [3.05, 3.63) is 35.1 Å². The lowest BCUT2D eigenvalue weighted by Gasteiger charge is -2.45. The van der Waals surface area contributed by atoms with E-state index >= 15 is 0 Å². The van der Waals surface area contributed by atoms with Gasteiger partial charge in [0.05, 0.1) is 16.3 Å². The fourth-order valence-corrected chi connectivity index (χ4v) is 4.62. The van der Waals surface area contributed by atoms with Crippen molar-refractivity contribution in [2.45, 2.75) is 44.2 Å². The highest BCUT2D eigenvalue weighted by Crippen LogP contribution is 2.39. The molecule has 2 atom stereocenters. The first-order valence-electron chi connectivity index (χ1n) is 8.71. The third-order valence-corrected chi connectivity index (χ3v) is 5.80. The summed E-state index contributed by atoms with van der Waals surface area (Å²) in [5, 5.41) is 14.6. The lowest BCUT2D eigenvalue weighted by Crippen LogP contribution is -2.53. The summed E-state index contributed by atoms with van der Waals surface area (Å²) < 4.78 is 1.50. The largest absolute Gasteiger partial charge is 0.349 e. The van der Waals surface area contributed by atoms with Gasteiger partial charge >= 0.3 is 0 Å². The van der Waals surface area contributed by atoms with E-state index in [-0.39, 0.29) is 30.4 Å². The van der Waals surface area contributed by atoms with E-state index < -0.39 is 0 Å². The standard InChI is InChI=1S/C17H21ClN6O.ClH/c18-15-8-13(24-9-20-22-23-24)4-5-14(15)17(25)21-16-10-2-1-3-11(16)7-12(19)6-10;/h4-5,8-12,16H,1-3,6-7,19H2,(H,21,25);1H. The number of nitrogens with two attached hydrogens (primary N) is 1. The minimum Gasteiger partial charge on any atom is -0.349 e. The fraction of sp³-hybridized carbons (Fsp3) is 0.529. The van der Waals surface area contributed by atoms with Crippen LogP contribution in [0.1, 0.15) is 42.5 Å². The Bertz CT molecular complexity index is 755. The van der Waals surface area contributed by atoms with Gasteiger partial charge in [-0.15, -0.1) is 17.5 Å². The van der Waals surface area contributed by atoms with Gasteiger partial charge in [0.2, 0.25) is 0 Å². The first-order valence-corrected chi connectivity index (χ1v) is 9.09. The van der Waals surface area contributed by atoms with Gasteiger partial charge in [-0.2, -0.15) is 0 Å². The van der Waals surface area contributed by atoms with Gasteiger partial charge in [0.25, 0.3) is 5.91 Å². The summed E-state index contributed by atoms with van der Waals surface area (Å²) >= 11 is 6.34. The molecule has 0 aliphatic heterocycles. The summed E-state index contributed by atoms with van der Waals surface area (Å²) in [6.07, 6.45) is 6.98. The number of rotatable bonds is 3. The predicted octanol–water partition coefficient (Wildman–Crippen LogP) is 2.37. The van der Waals surface area contributed by atoms with Gasteiger partial charge in [0, 0.05) is 12.1 Å². The molecule has 2 aromatic rings. The molecule has 0 radical (unpaired) electrons. The second-order valence-electron chi connectivity index (χ2n) is 7.10. The van der Waals surface area contributed by atoms with Crippen LogP contribution >= 0.6 is 24.0 Å². The quantitative estimate of drug-likeness (QED) is 0.829. The molecule has 2 aliphatic carbocycles. The molecule has 2 saturated carbocycles. The third kappa shape index (κ3) is 3.70. The Balaban J connectivity index is 0.00000196. The highest BCUT2D eigenvalue weighted by Gasteiger charge is 2.40. The minimum absolute atomic E-state index is 0. The number of aromatic nitrogens is 4. The summed E-state index contributed by atoms with van der Waals surface area (Å²) in [5.41, 5.74) is 7.36. The molecule has 140 valence electrons. The number of nitrogens with one attached hydrogen (secondary N) is 1. The Morgan fingerprint density at radius 2 is 2.00 bits per heavy atom. The van der Waals surface area contributed by atoms with Crippen LogP contribution in [0.25, 0.3) is 5.69 Å². The first-order chi connectivity index (χ1) is 12.1. The Morgan fingerprint density at radius 3 is 2.62 bits per heavy atom. The average Bonchev–Trinajstić information content (AvgIpc) is 3.10. The van der Waals surface area contributed by atoms with Gasteiger partial charge in [0.15, 0.2) is 0 Å². The Labute approximate surface area is 163 Å². The van der Waals surface area contributed by atoms with Crippen molar-refractivity contribution in [2.75, 3.05) is 0 Å². The van der Waals surface area contributed by atoms with Crippen LogP contribution in [0.3, 0.4) is 0 Å². The average molecular weight is 397 g/mol. The van der Waals surface area contributed by atoms with Crippen LogP contribution in [0.5, 0.6) is 0 Å². The first kappa shape index (κ1) is 19.1. The molecule has 9 heteroatoms. The lowest BCUT2D eigenvalue weighted by atomic mass is 9.67. The SMILES string of the molecule is Cl.NC1CC2CCCC(C1)C2NC(=O)c1ccc(-n2cnnn2)cc1Cl. The summed E-state index contributed by atoms with van der Waals surface area (Å²) in [5.74, 6) is 0.835. The van der Waals surface area contributed by atoms with Crippen molar-refractivity contribution >= 4 is 29.9 Å². The normalized spacial score (nSPS) is 27.5. The predicted molar refractivity (Wildman–Crippen MR) is 101 cm³/mol. The van der Waals surface area contributed by atoms with E-state index in [4.69, 9.17) is 17.3 Å². The molecule has 26 heavy (non-hydrogen) atoms. The third-order valence-electron chi connectivity index (χ3n) is 5.49. The van der Waals surface area contributed by atoms with Crippen LogP contribution in [0, 0.1) is 11.8 Å². The maximum absolute atomic E-state index is 12.8. The zero-order chi connectivity index (χ0) is 17.4. The molecular formula is C17H22Cl2N6O. The van der Waals surface area contributed by atoms with E-state index in [0.717, 1.165) is 25.7 Å². The molecule has 3 N–H and O–H groups in total. The van der Waals surface area contributed by atoms with Gasteiger partial charge in [-0.25, -0.2) is 4.68 Å². The lowest BCUT2D eigenvalue weighted by molar-refractivity contribution is 0.0756. The zero-order valence-corrected chi connectivity index (χ0v) is 15.8. The number of hydrogen-bond acceptors (Lipinski definition) is 5. The molecule has 1 aromatic carbocycles. The number of carbonyl (C=O) groups excluding carboxylic acids is 1. The summed E-state index contributed by atoms with van der Waals surface area (Å²) in [4.78, 5) is 12.8. The number of halogens is 2. The molecule has 2 unspecified atom stereocenters. The highest BCUT2D eigenvalue weighted by atomic mass is 35.5. The van der Waals surface area contributed by atoms with Crippen molar-refractivity contribution in [1.29, 1.82) is 0 Å². The smallest absolute Gasteiger partial charge is 0.253 e. The number of amides is 1. The number of hydrogen-bond donors (Lipinski definition) is 2. The van der Waals surface area contributed by atoms with Crippen molar-refractivity contribution < 1.29 is 4.79 Å². The van der Waals surface area contributed by atoms with E-state index in [0.29, 0.717) is 28.1 Å². The van der Waals surface area contributed by atoms with Crippen LogP contribution < -0.4 is 11.1 Å². The molecule has 0 saturated heterocycles. The van der Waals surface area contributed by atoms with Crippen molar-refractivity contribution in [3.8, 4) is 5.69 Å². The summed E-state index contributed by atoms with van der Waals surface area (Å²) in [6, 6.07) is 5.68. The van der Waals surface area contributed by atoms with Crippen LogP contribution in [-0.4, -0.2) is 38.2 Å². The molecule has 4 rings (SSSR count). The fourth-order valence-electron chi connectivity index (χ4n) is 4.36. The molecular weight excluding hydrogens is 375 g/mol. The number of nitrogens with zero attached hydrogens (tertiary/aromatic N) is 4. The van der Waals surface area contributed by atoms with Gasteiger partial charge in [-0.05, 0) is 66.1 Å². The van der Waals surface area contributed by atoms with E-state index in [2.05, 4.69) is 20.8 Å². The monoisotopic (exact) mass is 396 g/mol. The summed E-state index contributed by atoms with van der Waals surface area (Å²) in [6.45, 7) is 0. The van der Waals surface area contributed by atoms with Crippen LogP contribution in [-0.2, 0) is 0 Å². The van der Waals surface area contributed by atoms with Gasteiger partial charge in [0.1, 0.15) is 6.33 Å². The highest BCUT2D eigenvalue weighted by molar-refractivity contribution is 6.34. The van der Waals surface area contributed by atoms with E-state index in [9.17, 15) is 4.79 Å². The zero-order valence-electron chi connectivity index (χ0n) is 14.2. The summed E-state index contributed by atoms with van der Waals surface area (Å²) in [7, 11) is 0. The topological polar surface area (TPSA) is 98.7 Å². The van der Waals surface area contributed by atoms with E-state index in [1.54, 1.807) is 18.2 Å². The van der Waals surface area contributed by atoms with Gasteiger partial charge in [-0.1, -0.05) is 18.0 Å². The molecule has 2 bridgehead atoms. The molecule has 7 nitrogen and oxygen atoms in total. The van der Waals surface area contributed by atoms with Crippen LogP contribution in [0.15, 0.2) is 24.5 Å². The maximum atomic E-state index is 12.8. The Morgan fingerprint density at radius 1 is 1.27 bits per heavy atom.